The van der Waals surface area contributed by atoms with Gasteiger partial charge < -0.3 is 9.32 Å². The quantitative estimate of drug-likeness (QED) is 0.523. The summed E-state index contributed by atoms with van der Waals surface area (Å²) in [5, 5.41) is 21.1. The first kappa shape index (κ1) is 22.1. The summed E-state index contributed by atoms with van der Waals surface area (Å²) in [6.45, 7) is 7.57. The van der Waals surface area contributed by atoms with Crippen molar-refractivity contribution >= 4 is 23.6 Å². The van der Waals surface area contributed by atoms with E-state index < -0.39 is 0 Å². The van der Waals surface area contributed by atoms with Gasteiger partial charge in [0.05, 0.1) is 6.54 Å². The summed E-state index contributed by atoms with van der Waals surface area (Å²) in [5.41, 5.74) is 1.80. The highest BCUT2D eigenvalue weighted by Crippen LogP contribution is 2.28. The van der Waals surface area contributed by atoms with Crippen LogP contribution in [0.3, 0.4) is 0 Å². The van der Waals surface area contributed by atoms with Crippen molar-refractivity contribution in [1.82, 2.24) is 35.3 Å². The zero-order valence-corrected chi connectivity index (χ0v) is 19.2. The van der Waals surface area contributed by atoms with Gasteiger partial charge in [0.15, 0.2) is 5.82 Å². The lowest BCUT2D eigenvalue weighted by Gasteiger charge is -2.29. The normalized spacial score (nSPS) is 15.2. The van der Waals surface area contributed by atoms with Gasteiger partial charge in [-0.1, -0.05) is 31.5 Å². The molecule has 9 nitrogen and oxygen atoms in total. The van der Waals surface area contributed by atoms with Gasteiger partial charge in [0, 0.05) is 36.0 Å². The largest absolute Gasteiger partial charge is 0.425 e. The van der Waals surface area contributed by atoms with E-state index >= 15 is 0 Å². The third-order valence-electron chi connectivity index (χ3n) is 5.48. The van der Waals surface area contributed by atoms with Gasteiger partial charge in [-0.3, -0.25) is 4.79 Å². The number of carbonyl (C=O) groups excluding carboxylic acids is 1. The Balaban J connectivity index is 1.38. The Hall–Kier alpha value is -3.07. The molecule has 1 fully saturated rings. The van der Waals surface area contributed by atoms with Crippen LogP contribution >= 0.6 is 11.6 Å². The van der Waals surface area contributed by atoms with Crippen molar-refractivity contribution in [2.45, 2.75) is 52.0 Å². The highest BCUT2D eigenvalue weighted by atomic mass is 35.5. The monoisotopic (exact) mass is 455 g/mol. The molecule has 168 valence electrons. The van der Waals surface area contributed by atoms with Gasteiger partial charge in [-0.05, 0) is 54.3 Å². The predicted molar refractivity (Wildman–Crippen MR) is 119 cm³/mol. The fourth-order valence-electron chi connectivity index (χ4n) is 3.67. The van der Waals surface area contributed by atoms with E-state index in [0.717, 1.165) is 24.0 Å². The lowest BCUT2D eigenvalue weighted by Crippen LogP contribution is -2.36. The van der Waals surface area contributed by atoms with E-state index in [2.05, 4.69) is 25.6 Å². The fourth-order valence-corrected chi connectivity index (χ4v) is 3.87. The Bertz CT molecular complexity index is 1110. The molecule has 1 aliphatic heterocycles. The van der Waals surface area contributed by atoms with Crippen LogP contribution in [0.4, 0.5) is 0 Å². The summed E-state index contributed by atoms with van der Waals surface area (Å²) in [7, 11) is 0. The number of amides is 1. The summed E-state index contributed by atoms with van der Waals surface area (Å²) >= 11 is 6.17. The molecule has 0 spiro atoms. The number of tetrazole rings is 1. The summed E-state index contributed by atoms with van der Waals surface area (Å²) in [5.74, 6) is 2.33. The van der Waals surface area contributed by atoms with Crippen molar-refractivity contribution in [3.63, 3.8) is 0 Å². The Morgan fingerprint density at radius 1 is 1.25 bits per heavy atom. The smallest absolute Gasteiger partial charge is 0.246 e. The standard InChI is InChI=1S/C22H26ClN7O2/c1-14(2)21-25-26-22(32-21)17-8-10-29(11-9-17)20(31)7-5-16-4-6-19(23)12-18(16)13-30-27-15(3)24-28-30/h4-7,12,14,17H,8-11,13H2,1-3H3. The maximum absolute atomic E-state index is 12.8. The van der Waals surface area contributed by atoms with Crippen LogP contribution in [0, 0.1) is 6.92 Å². The number of aryl methyl sites for hydroxylation is 1. The SMILES string of the molecule is Cc1nnn(Cc2cc(Cl)ccc2C=CC(=O)N2CCC(c3nnc(C(C)C)o3)CC2)n1. The van der Waals surface area contributed by atoms with Crippen LogP contribution in [0.1, 0.15) is 67.3 Å². The molecule has 1 aromatic carbocycles. The number of hydrogen-bond donors (Lipinski definition) is 0. The van der Waals surface area contributed by atoms with Crippen molar-refractivity contribution in [2.24, 2.45) is 0 Å². The number of benzene rings is 1. The van der Waals surface area contributed by atoms with Crippen molar-refractivity contribution in [3.05, 3.63) is 58.0 Å². The minimum absolute atomic E-state index is 0.0209. The molecule has 4 rings (SSSR count). The molecular formula is C22H26ClN7O2. The Morgan fingerprint density at radius 2 is 2.03 bits per heavy atom. The molecule has 1 aliphatic rings. The number of carbonyl (C=O) groups is 1. The lowest BCUT2D eigenvalue weighted by molar-refractivity contribution is -0.127. The van der Waals surface area contributed by atoms with Crippen LogP contribution < -0.4 is 0 Å². The number of nitrogens with zero attached hydrogens (tertiary/aromatic N) is 7. The number of hydrogen-bond acceptors (Lipinski definition) is 7. The Labute approximate surface area is 191 Å². The van der Waals surface area contributed by atoms with Crippen LogP contribution in [0.5, 0.6) is 0 Å². The van der Waals surface area contributed by atoms with Crippen molar-refractivity contribution in [3.8, 4) is 0 Å². The van der Waals surface area contributed by atoms with Gasteiger partial charge in [0.1, 0.15) is 0 Å². The van der Waals surface area contributed by atoms with Gasteiger partial charge in [-0.2, -0.15) is 4.80 Å². The van der Waals surface area contributed by atoms with E-state index in [1.54, 1.807) is 19.1 Å². The molecule has 32 heavy (non-hydrogen) atoms. The van der Waals surface area contributed by atoms with Crippen molar-refractivity contribution < 1.29 is 9.21 Å². The maximum Gasteiger partial charge on any atom is 0.246 e. The summed E-state index contributed by atoms with van der Waals surface area (Å²) in [6, 6.07) is 5.54. The highest BCUT2D eigenvalue weighted by Gasteiger charge is 2.27. The third kappa shape index (κ3) is 5.21. The average molecular weight is 456 g/mol. The number of rotatable bonds is 6. The summed E-state index contributed by atoms with van der Waals surface area (Å²) in [6.07, 6.45) is 5.04. The minimum Gasteiger partial charge on any atom is -0.425 e. The van der Waals surface area contributed by atoms with Crippen molar-refractivity contribution in [2.75, 3.05) is 13.1 Å². The molecule has 1 saturated heterocycles. The first-order chi connectivity index (χ1) is 15.4. The first-order valence-corrected chi connectivity index (χ1v) is 11.1. The number of likely N-dealkylation sites (tertiary alicyclic amines) is 1. The molecule has 0 bridgehead atoms. The van der Waals surface area contributed by atoms with E-state index in [1.807, 2.05) is 37.0 Å². The molecule has 0 unspecified atom stereocenters. The first-order valence-electron chi connectivity index (χ1n) is 10.7. The van der Waals surface area contributed by atoms with Gasteiger partial charge in [0.25, 0.3) is 0 Å². The van der Waals surface area contributed by atoms with Crippen molar-refractivity contribution in [1.29, 1.82) is 0 Å². The molecule has 0 saturated carbocycles. The molecule has 10 heteroatoms. The molecule has 0 radical (unpaired) electrons. The predicted octanol–water partition coefficient (Wildman–Crippen LogP) is 3.61. The van der Waals surface area contributed by atoms with E-state index in [0.29, 0.717) is 42.3 Å². The highest BCUT2D eigenvalue weighted by molar-refractivity contribution is 6.30. The third-order valence-corrected chi connectivity index (χ3v) is 5.72. The Kier molecular flexibility index (Phi) is 6.64. The van der Waals surface area contributed by atoms with Crippen LogP contribution in [0.2, 0.25) is 5.02 Å². The van der Waals surface area contributed by atoms with Gasteiger partial charge >= 0.3 is 0 Å². The number of halogens is 1. The molecule has 0 N–H and O–H groups in total. The zero-order chi connectivity index (χ0) is 22.7. The van der Waals surface area contributed by atoms with Crippen LogP contribution in [-0.4, -0.2) is 54.3 Å². The van der Waals surface area contributed by atoms with Gasteiger partial charge in [0.2, 0.25) is 17.7 Å². The molecule has 3 heterocycles. The fraction of sp³-hybridized carbons (Fsp3) is 0.455. The molecule has 0 aliphatic carbocycles. The van der Waals surface area contributed by atoms with E-state index in [1.165, 1.54) is 4.80 Å². The second-order valence-electron chi connectivity index (χ2n) is 8.28. The zero-order valence-electron chi connectivity index (χ0n) is 18.4. The summed E-state index contributed by atoms with van der Waals surface area (Å²) in [4.78, 5) is 16.1. The lowest BCUT2D eigenvalue weighted by atomic mass is 9.96. The molecule has 1 amide bonds. The van der Waals surface area contributed by atoms with Gasteiger partial charge in [-0.25, -0.2) is 0 Å². The van der Waals surface area contributed by atoms with E-state index in [9.17, 15) is 4.79 Å². The second-order valence-corrected chi connectivity index (χ2v) is 8.71. The second kappa shape index (κ2) is 9.60. The van der Waals surface area contributed by atoms with E-state index in [-0.39, 0.29) is 17.7 Å². The molecule has 2 aromatic heterocycles. The minimum atomic E-state index is -0.0209. The van der Waals surface area contributed by atoms with Crippen LogP contribution in [-0.2, 0) is 11.3 Å². The van der Waals surface area contributed by atoms with Gasteiger partial charge in [-0.15, -0.1) is 20.4 Å². The topological polar surface area (TPSA) is 103 Å². The number of piperidine rings is 1. The molecule has 3 aromatic rings. The number of aromatic nitrogens is 6. The van der Waals surface area contributed by atoms with E-state index in [4.69, 9.17) is 16.0 Å². The Morgan fingerprint density at radius 3 is 2.69 bits per heavy atom. The van der Waals surface area contributed by atoms with Crippen LogP contribution in [0.25, 0.3) is 6.08 Å². The maximum atomic E-state index is 12.8. The summed E-state index contributed by atoms with van der Waals surface area (Å²) < 4.78 is 5.79. The van der Waals surface area contributed by atoms with Crippen LogP contribution in [0.15, 0.2) is 28.7 Å². The average Bonchev–Trinajstić information content (AvgIpc) is 3.42. The molecular weight excluding hydrogens is 430 g/mol. The molecule has 0 atom stereocenters.